The van der Waals surface area contributed by atoms with Crippen molar-refractivity contribution in [2.75, 3.05) is 0 Å². The second-order valence-corrected chi connectivity index (χ2v) is 12.1. The number of para-hydroxylation sites is 3. The normalized spacial score (nSPS) is 11.8. The summed E-state index contributed by atoms with van der Waals surface area (Å²) in [5.74, 6) is 0.654. The van der Waals surface area contributed by atoms with Crippen LogP contribution < -0.4 is 0 Å². The van der Waals surface area contributed by atoms with Crippen LogP contribution in [0.25, 0.3) is 88.7 Å². The Balaban J connectivity index is 1.26. The molecular formula is C43H27N5. The van der Waals surface area contributed by atoms with E-state index in [1.807, 2.05) is 24.4 Å². The summed E-state index contributed by atoms with van der Waals surface area (Å²) >= 11 is 0. The predicted molar refractivity (Wildman–Crippen MR) is 197 cm³/mol. The van der Waals surface area contributed by atoms with Crippen LogP contribution in [0.1, 0.15) is 0 Å². The second-order valence-electron chi connectivity index (χ2n) is 12.1. The summed E-state index contributed by atoms with van der Waals surface area (Å²) in [6.07, 6.45) is 1.87. The summed E-state index contributed by atoms with van der Waals surface area (Å²) in [4.78, 5) is 15.2. The Hall–Kier alpha value is -6.59. The zero-order chi connectivity index (χ0) is 31.6. The molecule has 0 radical (unpaired) electrons. The topological polar surface area (TPSA) is 48.5 Å². The van der Waals surface area contributed by atoms with Crippen molar-refractivity contribution in [3.05, 3.63) is 164 Å². The van der Waals surface area contributed by atoms with E-state index in [2.05, 4.69) is 149 Å². The van der Waals surface area contributed by atoms with Gasteiger partial charge in [-0.05, 0) is 59.7 Å². The maximum atomic E-state index is 5.27. The lowest BCUT2D eigenvalue weighted by atomic mass is 9.98. The standard InChI is InChI=1S/C43H27N5/c1-3-13-28(14-4-1)41-34-17-7-9-21-36(34)45-43(46-41)48-37-22-10-8-18-35(37)40-31(19-11-23-38(40)48)29-24-25-32-33-20-12-26-44-42(33)47(39(32)27-29)30-15-5-2-6-16-30/h1-27H. The van der Waals surface area contributed by atoms with Gasteiger partial charge in [0.15, 0.2) is 0 Å². The first-order valence-electron chi connectivity index (χ1n) is 16.1. The van der Waals surface area contributed by atoms with Gasteiger partial charge in [-0.3, -0.25) is 9.13 Å². The lowest BCUT2D eigenvalue weighted by Crippen LogP contribution is -2.03. The summed E-state index contributed by atoms with van der Waals surface area (Å²) in [6, 6.07) is 55.2. The Bertz CT molecular complexity index is 2830. The number of hydrogen-bond acceptors (Lipinski definition) is 3. The molecule has 224 valence electrons. The fourth-order valence-corrected chi connectivity index (χ4v) is 7.31. The van der Waals surface area contributed by atoms with Gasteiger partial charge in [0, 0.05) is 44.4 Å². The van der Waals surface area contributed by atoms with Gasteiger partial charge in [0.2, 0.25) is 5.95 Å². The predicted octanol–water partition coefficient (Wildman–Crippen LogP) is 10.6. The van der Waals surface area contributed by atoms with Crippen LogP contribution in [0.15, 0.2) is 164 Å². The molecule has 10 rings (SSSR count). The molecule has 6 aromatic carbocycles. The van der Waals surface area contributed by atoms with Crippen molar-refractivity contribution in [1.29, 1.82) is 0 Å². The van der Waals surface area contributed by atoms with Crippen LogP contribution in [0.5, 0.6) is 0 Å². The number of fused-ring (bicyclic) bond motifs is 7. The van der Waals surface area contributed by atoms with Gasteiger partial charge in [0.25, 0.3) is 0 Å². The molecular weight excluding hydrogens is 587 g/mol. The molecule has 5 heteroatoms. The number of pyridine rings is 1. The van der Waals surface area contributed by atoms with Gasteiger partial charge in [0.1, 0.15) is 5.65 Å². The molecule has 4 heterocycles. The maximum Gasteiger partial charge on any atom is 0.235 e. The molecule has 0 aliphatic carbocycles. The minimum atomic E-state index is 0.654. The van der Waals surface area contributed by atoms with Crippen LogP contribution in [0.4, 0.5) is 0 Å². The summed E-state index contributed by atoms with van der Waals surface area (Å²) in [5, 5.41) is 5.68. The van der Waals surface area contributed by atoms with E-state index in [1.54, 1.807) is 0 Å². The van der Waals surface area contributed by atoms with Gasteiger partial charge in [-0.2, -0.15) is 0 Å². The third-order valence-electron chi connectivity index (χ3n) is 9.39. The largest absolute Gasteiger partial charge is 0.294 e. The molecule has 5 nitrogen and oxygen atoms in total. The van der Waals surface area contributed by atoms with Crippen LogP contribution in [0, 0.1) is 0 Å². The maximum absolute atomic E-state index is 5.27. The van der Waals surface area contributed by atoms with E-state index in [0.717, 1.165) is 71.9 Å². The van der Waals surface area contributed by atoms with E-state index < -0.39 is 0 Å². The Morgan fingerprint density at radius 3 is 2.04 bits per heavy atom. The van der Waals surface area contributed by atoms with Crippen molar-refractivity contribution in [2.45, 2.75) is 0 Å². The molecule has 48 heavy (non-hydrogen) atoms. The van der Waals surface area contributed by atoms with E-state index in [0.29, 0.717) is 5.95 Å². The molecule has 0 aliphatic heterocycles. The SMILES string of the molecule is c1ccc(-c2nc(-n3c4ccccc4c4c(-c5ccc6c7cccnc7n(-c7ccccc7)c6c5)cccc43)nc3ccccc23)cc1. The third-order valence-corrected chi connectivity index (χ3v) is 9.39. The molecule has 0 saturated carbocycles. The lowest BCUT2D eigenvalue weighted by molar-refractivity contribution is 1.01. The highest BCUT2D eigenvalue weighted by Crippen LogP contribution is 2.41. The number of rotatable bonds is 4. The Morgan fingerprint density at radius 2 is 1.17 bits per heavy atom. The molecule has 0 saturated heterocycles. The summed E-state index contributed by atoms with van der Waals surface area (Å²) in [6.45, 7) is 0. The van der Waals surface area contributed by atoms with E-state index in [1.165, 1.54) is 10.8 Å². The van der Waals surface area contributed by atoms with Crippen molar-refractivity contribution < 1.29 is 0 Å². The second kappa shape index (κ2) is 10.5. The highest BCUT2D eigenvalue weighted by molar-refractivity contribution is 6.17. The Morgan fingerprint density at radius 1 is 0.438 bits per heavy atom. The number of hydrogen-bond donors (Lipinski definition) is 0. The smallest absolute Gasteiger partial charge is 0.235 e. The fraction of sp³-hybridized carbons (Fsp3) is 0. The lowest BCUT2D eigenvalue weighted by Gasteiger charge is -2.12. The quantitative estimate of drug-likeness (QED) is 0.198. The third kappa shape index (κ3) is 3.94. The highest BCUT2D eigenvalue weighted by Gasteiger charge is 2.20. The van der Waals surface area contributed by atoms with Gasteiger partial charge in [0.05, 0.1) is 27.8 Å². The van der Waals surface area contributed by atoms with E-state index in [-0.39, 0.29) is 0 Å². The van der Waals surface area contributed by atoms with Crippen LogP contribution >= 0.6 is 0 Å². The Labute approximate surface area is 276 Å². The first-order valence-corrected chi connectivity index (χ1v) is 16.1. The van der Waals surface area contributed by atoms with Crippen LogP contribution in [0.2, 0.25) is 0 Å². The zero-order valence-corrected chi connectivity index (χ0v) is 25.8. The highest BCUT2D eigenvalue weighted by atomic mass is 15.2. The van der Waals surface area contributed by atoms with Crippen molar-refractivity contribution in [1.82, 2.24) is 24.1 Å². The molecule has 0 spiro atoms. The van der Waals surface area contributed by atoms with Gasteiger partial charge in [-0.15, -0.1) is 0 Å². The van der Waals surface area contributed by atoms with Crippen LogP contribution in [-0.2, 0) is 0 Å². The molecule has 0 atom stereocenters. The molecule has 0 unspecified atom stereocenters. The monoisotopic (exact) mass is 613 g/mol. The van der Waals surface area contributed by atoms with Crippen LogP contribution in [-0.4, -0.2) is 24.1 Å². The molecule has 0 amide bonds. The van der Waals surface area contributed by atoms with E-state index >= 15 is 0 Å². The molecule has 4 aromatic heterocycles. The molecule has 0 bridgehead atoms. The minimum Gasteiger partial charge on any atom is -0.294 e. The van der Waals surface area contributed by atoms with Gasteiger partial charge < -0.3 is 0 Å². The van der Waals surface area contributed by atoms with Crippen molar-refractivity contribution >= 4 is 54.6 Å². The molecule has 0 N–H and O–H groups in total. The van der Waals surface area contributed by atoms with Gasteiger partial charge in [-0.25, -0.2) is 15.0 Å². The summed E-state index contributed by atoms with van der Waals surface area (Å²) < 4.78 is 4.49. The summed E-state index contributed by atoms with van der Waals surface area (Å²) in [7, 11) is 0. The first kappa shape index (κ1) is 26.6. The fourth-order valence-electron chi connectivity index (χ4n) is 7.31. The summed E-state index contributed by atoms with van der Waals surface area (Å²) in [5.41, 5.74) is 10.5. The van der Waals surface area contributed by atoms with E-state index in [4.69, 9.17) is 15.0 Å². The molecule has 0 aliphatic rings. The van der Waals surface area contributed by atoms with E-state index in [9.17, 15) is 0 Å². The zero-order valence-electron chi connectivity index (χ0n) is 25.8. The average Bonchev–Trinajstić information content (AvgIpc) is 3.68. The molecule has 0 fully saturated rings. The van der Waals surface area contributed by atoms with Gasteiger partial charge >= 0.3 is 0 Å². The first-order chi connectivity index (χ1) is 23.8. The Kier molecular flexibility index (Phi) is 5.81. The van der Waals surface area contributed by atoms with Gasteiger partial charge in [-0.1, -0.05) is 109 Å². The average molecular weight is 614 g/mol. The number of nitrogens with zero attached hydrogens (tertiary/aromatic N) is 5. The van der Waals surface area contributed by atoms with Crippen molar-refractivity contribution in [2.24, 2.45) is 0 Å². The minimum absolute atomic E-state index is 0.654. The number of aromatic nitrogens is 5. The molecule has 10 aromatic rings. The van der Waals surface area contributed by atoms with Crippen LogP contribution in [0.3, 0.4) is 0 Å². The van der Waals surface area contributed by atoms with Crippen molar-refractivity contribution in [3.8, 4) is 34.0 Å². The van der Waals surface area contributed by atoms with Crippen molar-refractivity contribution in [3.63, 3.8) is 0 Å². The number of benzene rings is 6.